The second-order valence-corrected chi connectivity index (χ2v) is 5.22. The van der Waals surface area contributed by atoms with E-state index in [1.807, 2.05) is 0 Å². The number of nitrogens with one attached hydrogen (secondary N) is 2. The minimum absolute atomic E-state index is 0.0715. The molecule has 0 bridgehead atoms. The molecule has 1 rings (SSSR count). The number of urea groups is 1. The number of carboxylic acids is 1. The van der Waals surface area contributed by atoms with Crippen LogP contribution in [0.15, 0.2) is 0 Å². The van der Waals surface area contributed by atoms with Crippen LogP contribution in [-0.4, -0.2) is 42.8 Å². The fourth-order valence-electron chi connectivity index (χ4n) is 2.43. The van der Waals surface area contributed by atoms with Crippen molar-refractivity contribution in [3.05, 3.63) is 0 Å². The number of carbonyl (C=O) groups is 3. The Bertz CT molecular complexity index is 377. The van der Waals surface area contributed by atoms with Crippen molar-refractivity contribution in [2.45, 2.75) is 45.1 Å². The van der Waals surface area contributed by atoms with E-state index in [1.54, 1.807) is 0 Å². The Morgan fingerprint density at radius 3 is 2.35 bits per heavy atom. The van der Waals surface area contributed by atoms with Gasteiger partial charge in [0, 0.05) is 6.54 Å². The molecule has 0 aromatic rings. The van der Waals surface area contributed by atoms with E-state index >= 15 is 0 Å². The summed E-state index contributed by atoms with van der Waals surface area (Å²) < 4.78 is 4.49. The molecule has 0 aromatic heterocycles. The van der Waals surface area contributed by atoms with Crippen LogP contribution in [0.4, 0.5) is 4.79 Å². The van der Waals surface area contributed by atoms with Gasteiger partial charge in [0.2, 0.25) is 0 Å². The molecule has 0 aliphatic heterocycles. The summed E-state index contributed by atoms with van der Waals surface area (Å²) in [4.78, 5) is 34.2. The van der Waals surface area contributed by atoms with E-state index in [2.05, 4.69) is 15.4 Å². The molecule has 0 radical (unpaired) electrons. The maximum absolute atomic E-state index is 11.7. The van der Waals surface area contributed by atoms with Crippen molar-refractivity contribution in [1.29, 1.82) is 0 Å². The number of ether oxygens (including phenoxy) is 1. The van der Waals surface area contributed by atoms with Gasteiger partial charge in [-0.1, -0.05) is 19.3 Å². The molecule has 1 aliphatic rings. The van der Waals surface area contributed by atoms with Gasteiger partial charge in [-0.3, -0.25) is 4.79 Å². The Morgan fingerprint density at radius 1 is 1.25 bits per heavy atom. The average molecular weight is 286 g/mol. The molecule has 1 fully saturated rings. The van der Waals surface area contributed by atoms with Crippen LogP contribution >= 0.6 is 0 Å². The lowest BCUT2D eigenvalue weighted by molar-refractivity contribution is -0.150. The molecule has 20 heavy (non-hydrogen) atoms. The molecular formula is C13H22N2O5. The van der Waals surface area contributed by atoms with Gasteiger partial charge in [0.05, 0.1) is 12.5 Å². The molecule has 0 aromatic carbocycles. The highest BCUT2D eigenvalue weighted by molar-refractivity contribution is 5.83. The van der Waals surface area contributed by atoms with Crippen LogP contribution in [0.2, 0.25) is 0 Å². The topological polar surface area (TPSA) is 105 Å². The zero-order chi connectivity index (χ0) is 15.2. The lowest BCUT2D eigenvalue weighted by Crippen LogP contribution is -2.50. The monoisotopic (exact) mass is 286 g/mol. The third-order valence-electron chi connectivity index (χ3n) is 3.75. The summed E-state index contributed by atoms with van der Waals surface area (Å²) in [5.74, 6) is -1.43. The molecule has 114 valence electrons. The Kier molecular flexibility index (Phi) is 5.79. The van der Waals surface area contributed by atoms with E-state index < -0.39 is 29.4 Å². The second kappa shape index (κ2) is 7.12. The summed E-state index contributed by atoms with van der Waals surface area (Å²) in [6.45, 7) is 1.57. The van der Waals surface area contributed by atoms with Crippen LogP contribution < -0.4 is 10.6 Å². The molecule has 1 atom stereocenters. The van der Waals surface area contributed by atoms with Crippen molar-refractivity contribution in [1.82, 2.24) is 10.6 Å². The molecule has 2 amide bonds. The van der Waals surface area contributed by atoms with E-state index in [0.717, 1.165) is 19.3 Å². The zero-order valence-electron chi connectivity index (χ0n) is 11.9. The Morgan fingerprint density at radius 2 is 1.85 bits per heavy atom. The number of methoxy groups -OCH3 is 1. The minimum Gasteiger partial charge on any atom is -0.481 e. The first-order valence-corrected chi connectivity index (χ1v) is 6.77. The van der Waals surface area contributed by atoms with Gasteiger partial charge in [0.1, 0.15) is 6.04 Å². The average Bonchev–Trinajstić information content (AvgIpc) is 2.45. The fourth-order valence-corrected chi connectivity index (χ4v) is 2.43. The molecule has 0 saturated heterocycles. The normalized spacial score (nSPS) is 18.7. The summed E-state index contributed by atoms with van der Waals surface area (Å²) in [6.07, 6.45) is 3.87. The van der Waals surface area contributed by atoms with Crippen LogP contribution in [0.3, 0.4) is 0 Å². The zero-order valence-corrected chi connectivity index (χ0v) is 11.9. The summed E-state index contributed by atoms with van der Waals surface area (Å²) in [6, 6.07) is -1.33. The molecule has 1 saturated carbocycles. The van der Waals surface area contributed by atoms with Gasteiger partial charge in [0.15, 0.2) is 0 Å². The van der Waals surface area contributed by atoms with Crippen LogP contribution in [0.1, 0.15) is 39.0 Å². The third kappa shape index (κ3) is 4.11. The van der Waals surface area contributed by atoms with Crippen LogP contribution in [0, 0.1) is 5.41 Å². The van der Waals surface area contributed by atoms with Crippen molar-refractivity contribution in [2.75, 3.05) is 13.7 Å². The van der Waals surface area contributed by atoms with Gasteiger partial charge in [-0.15, -0.1) is 0 Å². The molecule has 7 heteroatoms. The van der Waals surface area contributed by atoms with Gasteiger partial charge in [-0.25, -0.2) is 9.59 Å². The van der Waals surface area contributed by atoms with Crippen molar-refractivity contribution < 1.29 is 24.2 Å². The first-order chi connectivity index (χ1) is 9.41. The molecule has 7 nitrogen and oxygen atoms in total. The summed E-state index contributed by atoms with van der Waals surface area (Å²) >= 11 is 0. The predicted octanol–water partition coefficient (Wildman–Crippen LogP) is 0.882. The quantitative estimate of drug-likeness (QED) is 0.651. The number of carboxylic acid groups (broad SMARTS) is 1. The second-order valence-electron chi connectivity index (χ2n) is 5.22. The summed E-state index contributed by atoms with van der Waals surface area (Å²) in [7, 11) is 1.24. The summed E-state index contributed by atoms with van der Waals surface area (Å²) in [5, 5.41) is 14.3. The third-order valence-corrected chi connectivity index (χ3v) is 3.75. The van der Waals surface area contributed by atoms with Crippen LogP contribution in [-0.2, 0) is 14.3 Å². The maximum atomic E-state index is 11.7. The van der Waals surface area contributed by atoms with Gasteiger partial charge in [-0.05, 0) is 19.8 Å². The van der Waals surface area contributed by atoms with Gasteiger partial charge >= 0.3 is 18.0 Å². The van der Waals surface area contributed by atoms with Crippen molar-refractivity contribution in [3.63, 3.8) is 0 Å². The Balaban J connectivity index is 2.49. The lowest BCUT2D eigenvalue weighted by Gasteiger charge is -2.33. The first kappa shape index (κ1) is 16.3. The number of hydrogen-bond donors (Lipinski definition) is 3. The lowest BCUT2D eigenvalue weighted by atomic mass is 9.74. The van der Waals surface area contributed by atoms with E-state index in [4.69, 9.17) is 0 Å². The Hall–Kier alpha value is -1.79. The van der Waals surface area contributed by atoms with Crippen LogP contribution in [0.25, 0.3) is 0 Å². The van der Waals surface area contributed by atoms with Gasteiger partial charge in [0.25, 0.3) is 0 Å². The number of amides is 2. The molecule has 1 unspecified atom stereocenters. The van der Waals surface area contributed by atoms with Gasteiger partial charge < -0.3 is 20.5 Å². The molecule has 0 heterocycles. The van der Waals surface area contributed by atoms with Crippen LogP contribution in [0.5, 0.6) is 0 Å². The molecule has 3 N–H and O–H groups in total. The number of esters is 1. The van der Waals surface area contributed by atoms with Crippen molar-refractivity contribution >= 4 is 18.0 Å². The highest BCUT2D eigenvalue weighted by Crippen LogP contribution is 2.35. The van der Waals surface area contributed by atoms with E-state index in [0.29, 0.717) is 12.8 Å². The van der Waals surface area contributed by atoms with E-state index in [-0.39, 0.29) is 6.54 Å². The van der Waals surface area contributed by atoms with Crippen molar-refractivity contribution in [3.8, 4) is 0 Å². The van der Waals surface area contributed by atoms with Gasteiger partial charge in [-0.2, -0.15) is 0 Å². The molecule has 0 spiro atoms. The highest BCUT2D eigenvalue weighted by atomic mass is 16.5. The molecular weight excluding hydrogens is 264 g/mol. The largest absolute Gasteiger partial charge is 0.481 e. The van der Waals surface area contributed by atoms with E-state index in [1.165, 1.54) is 14.0 Å². The standard InChI is InChI=1S/C13H22N2O5/c1-9(10(16)20-2)15-12(19)14-8-13(11(17)18)6-4-3-5-7-13/h9H,3-8H2,1-2H3,(H,17,18)(H2,14,15,19). The minimum atomic E-state index is -0.885. The fraction of sp³-hybridized carbons (Fsp3) is 0.769. The predicted molar refractivity (Wildman–Crippen MR) is 71.2 cm³/mol. The molecule has 1 aliphatic carbocycles. The van der Waals surface area contributed by atoms with E-state index in [9.17, 15) is 19.5 Å². The highest BCUT2D eigenvalue weighted by Gasteiger charge is 2.39. The number of aliphatic carboxylic acids is 1. The number of carbonyl (C=O) groups excluding carboxylic acids is 2. The maximum Gasteiger partial charge on any atom is 0.328 e. The number of rotatable bonds is 5. The summed E-state index contributed by atoms with van der Waals surface area (Å²) in [5.41, 5.74) is -0.885. The Labute approximate surface area is 118 Å². The van der Waals surface area contributed by atoms with Crippen molar-refractivity contribution in [2.24, 2.45) is 5.41 Å². The SMILES string of the molecule is COC(=O)C(C)NC(=O)NCC1(C(=O)O)CCCCC1. The smallest absolute Gasteiger partial charge is 0.328 e. The number of hydrogen-bond acceptors (Lipinski definition) is 4. The first-order valence-electron chi connectivity index (χ1n) is 6.77.